The van der Waals surface area contributed by atoms with E-state index >= 15 is 0 Å². The molecular weight excluding hydrogens is 423 g/mol. The number of carbonyl (C=O) groups excluding carboxylic acids is 2. The topological polar surface area (TPSA) is 92.8 Å². The summed E-state index contributed by atoms with van der Waals surface area (Å²) in [5, 5.41) is 2.18. The predicted octanol–water partition coefficient (Wildman–Crippen LogP) is 3.02. The highest BCUT2D eigenvalue weighted by molar-refractivity contribution is 7.91. The van der Waals surface area contributed by atoms with Gasteiger partial charge in [0.15, 0.2) is 21.4 Å². The maximum Gasteiger partial charge on any atom is 0.324 e. The van der Waals surface area contributed by atoms with Crippen LogP contribution in [0.25, 0.3) is 0 Å². The molecule has 2 aliphatic rings. The zero-order valence-corrected chi connectivity index (χ0v) is 18.5. The second kappa shape index (κ2) is 10.3. The van der Waals surface area contributed by atoms with Gasteiger partial charge in [-0.1, -0.05) is 31.6 Å². The van der Waals surface area contributed by atoms with Crippen LogP contribution >= 0.6 is 0 Å². The predicted molar refractivity (Wildman–Crippen MR) is 115 cm³/mol. The molecule has 1 aromatic rings. The Bertz CT molecular complexity index is 943. The number of ether oxygens (including phenoxy) is 1. The maximum atomic E-state index is 14.0. The first-order valence-electron chi connectivity index (χ1n) is 10.6. The monoisotopic (exact) mass is 452 g/mol. The first kappa shape index (κ1) is 23.2. The molecule has 3 rings (SSSR count). The number of sulfone groups is 1. The van der Waals surface area contributed by atoms with Crippen molar-refractivity contribution in [2.24, 2.45) is 5.92 Å². The van der Waals surface area contributed by atoms with Gasteiger partial charge in [0, 0.05) is 6.54 Å². The van der Waals surface area contributed by atoms with Gasteiger partial charge in [0.2, 0.25) is 5.91 Å². The summed E-state index contributed by atoms with van der Waals surface area (Å²) in [4.78, 5) is 23.9. The fourth-order valence-electron chi connectivity index (χ4n) is 3.56. The van der Waals surface area contributed by atoms with Crippen LogP contribution < -0.4 is 10.1 Å². The Morgan fingerprint density at radius 2 is 2.06 bits per heavy atom. The molecule has 1 aromatic carbocycles. The van der Waals surface area contributed by atoms with E-state index < -0.39 is 21.7 Å². The lowest BCUT2D eigenvalue weighted by atomic mass is 9.86. The largest absolute Gasteiger partial charge is 0.490 e. The van der Waals surface area contributed by atoms with Crippen LogP contribution in [-0.4, -0.2) is 56.5 Å². The number of hydrogen-bond donors (Lipinski definition) is 1. The number of benzene rings is 1. The minimum atomic E-state index is -3.32. The number of nitrogens with zero attached hydrogens (tertiary/aromatic N) is 1. The molecule has 0 bridgehead atoms. The Morgan fingerprint density at radius 3 is 2.71 bits per heavy atom. The average Bonchev–Trinajstić information content (AvgIpc) is 2.98. The van der Waals surface area contributed by atoms with Gasteiger partial charge in [0.1, 0.15) is 6.54 Å². The Kier molecular flexibility index (Phi) is 7.69. The molecule has 0 spiro atoms. The van der Waals surface area contributed by atoms with Crippen LogP contribution in [0, 0.1) is 11.7 Å². The summed E-state index contributed by atoms with van der Waals surface area (Å²) in [5.74, 6) is -0.470. The summed E-state index contributed by atoms with van der Waals surface area (Å²) in [6, 6.07) is 4.10. The van der Waals surface area contributed by atoms with Gasteiger partial charge in [-0.3, -0.25) is 10.1 Å². The van der Waals surface area contributed by atoms with E-state index in [9.17, 15) is 22.4 Å². The summed E-state index contributed by atoms with van der Waals surface area (Å²) in [6.45, 7) is 2.57. The maximum absolute atomic E-state index is 14.0. The lowest BCUT2D eigenvalue weighted by Gasteiger charge is -2.25. The third kappa shape index (κ3) is 6.78. The third-order valence-corrected chi connectivity index (χ3v) is 7.55. The van der Waals surface area contributed by atoms with Gasteiger partial charge in [-0.05, 0) is 48.8 Å². The Morgan fingerprint density at radius 1 is 1.29 bits per heavy atom. The second-order valence-corrected chi connectivity index (χ2v) is 10.5. The van der Waals surface area contributed by atoms with Gasteiger partial charge >= 0.3 is 6.03 Å². The van der Waals surface area contributed by atoms with Crippen molar-refractivity contribution in [2.45, 2.75) is 38.5 Å². The Balaban J connectivity index is 1.47. The van der Waals surface area contributed by atoms with Crippen LogP contribution in [0.5, 0.6) is 5.75 Å². The minimum absolute atomic E-state index is 0.0169. The molecule has 1 aliphatic carbocycles. The van der Waals surface area contributed by atoms with Crippen LogP contribution in [0.3, 0.4) is 0 Å². The van der Waals surface area contributed by atoms with Crippen LogP contribution in [0.15, 0.2) is 30.4 Å². The van der Waals surface area contributed by atoms with Crippen LogP contribution in [-0.2, 0) is 14.6 Å². The molecule has 3 amide bonds. The van der Waals surface area contributed by atoms with Crippen molar-refractivity contribution in [3.63, 3.8) is 0 Å². The minimum Gasteiger partial charge on any atom is -0.490 e. The van der Waals surface area contributed by atoms with Gasteiger partial charge < -0.3 is 9.64 Å². The molecule has 1 atom stereocenters. The van der Waals surface area contributed by atoms with E-state index in [1.807, 2.05) is 0 Å². The molecule has 1 saturated heterocycles. The number of amides is 3. The van der Waals surface area contributed by atoms with E-state index in [0.717, 1.165) is 18.4 Å². The first-order chi connectivity index (χ1) is 14.7. The number of halogens is 1. The second-order valence-electron chi connectivity index (χ2n) is 8.31. The number of imide groups is 1. The molecule has 1 N–H and O–H groups in total. The molecule has 0 radical (unpaired) electrons. The zero-order valence-electron chi connectivity index (χ0n) is 17.7. The molecule has 31 heavy (non-hydrogen) atoms. The lowest BCUT2D eigenvalue weighted by Crippen LogP contribution is -2.28. The zero-order chi connectivity index (χ0) is 22.4. The van der Waals surface area contributed by atoms with Crippen LogP contribution in [0.4, 0.5) is 9.18 Å². The molecular formula is C22H29FN2O5S. The number of nitrogens with one attached hydrogen (secondary N) is 1. The fourth-order valence-corrected chi connectivity index (χ4v) is 5.18. The van der Waals surface area contributed by atoms with Crippen LogP contribution in [0.1, 0.15) is 44.1 Å². The van der Waals surface area contributed by atoms with Crippen molar-refractivity contribution in [3.8, 4) is 5.75 Å². The van der Waals surface area contributed by atoms with E-state index in [1.165, 1.54) is 17.4 Å². The summed E-state index contributed by atoms with van der Waals surface area (Å²) < 4.78 is 44.6. The highest BCUT2D eigenvalue weighted by Gasteiger charge is 2.25. The summed E-state index contributed by atoms with van der Waals surface area (Å²) in [7, 11) is -3.32. The molecule has 7 nitrogen and oxygen atoms in total. The summed E-state index contributed by atoms with van der Waals surface area (Å²) >= 11 is 0. The van der Waals surface area contributed by atoms with Gasteiger partial charge in [-0.15, -0.1) is 0 Å². The quantitative estimate of drug-likeness (QED) is 0.412. The van der Waals surface area contributed by atoms with Crippen molar-refractivity contribution in [2.75, 3.05) is 31.2 Å². The standard InChI is InChI=1S/C22H29FN2O5S/c1-16(18-8-9-19(23)20(12-18)30-14-17-6-5-7-17)15-31(28,29)11-4-2-3-10-25-13-21(26)24-22(25)27/h2-3,8-9,12,16-17H,4-7,10-11,13-15H2,1H3,(H,24,26,27)/b3-2+/t16-/m0/s1. The van der Waals surface area contributed by atoms with Gasteiger partial charge in [0.05, 0.1) is 18.1 Å². The van der Waals surface area contributed by atoms with Crippen molar-refractivity contribution >= 4 is 21.8 Å². The number of hydrogen-bond acceptors (Lipinski definition) is 5. The Hall–Kier alpha value is -2.42. The smallest absolute Gasteiger partial charge is 0.324 e. The highest BCUT2D eigenvalue weighted by atomic mass is 32.2. The van der Waals surface area contributed by atoms with Crippen molar-refractivity contribution in [1.29, 1.82) is 0 Å². The van der Waals surface area contributed by atoms with Gasteiger partial charge in [-0.25, -0.2) is 17.6 Å². The third-order valence-electron chi connectivity index (χ3n) is 5.68. The molecule has 170 valence electrons. The molecule has 9 heteroatoms. The van der Waals surface area contributed by atoms with E-state index in [1.54, 1.807) is 31.2 Å². The van der Waals surface area contributed by atoms with Crippen molar-refractivity contribution in [1.82, 2.24) is 10.2 Å². The van der Waals surface area contributed by atoms with Crippen LogP contribution in [0.2, 0.25) is 0 Å². The SMILES string of the molecule is C[C@@H](CS(=O)(=O)CC/C=C/CN1CC(=O)NC1=O)c1ccc(F)c(OCC2CCC2)c1. The van der Waals surface area contributed by atoms with E-state index in [-0.39, 0.29) is 42.2 Å². The van der Waals surface area contributed by atoms with E-state index in [4.69, 9.17) is 4.74 Å². The van der Waals surface area contributed by atoms with Gasteiger partial charge in [-0.2, -0.15) is 0 Å². The number of carbonyl (C=O) groups is 2. The Labute approximate surface area is 182 Å². The number of rotatable bonds is 11. The van der Waals surface area contributed by atoms with E-state index in [2.05, 4.69) is 5.32 Å². The summed E-state index contributed by atoms with van der Waals surface area (Å²) in [5.41, 5.74) is 0.730. The average molecular weight is 453 g/mol. The molecule has 2 fully saturated rings. The molecule has 1 heterocycles. The number of urea groups is 1. The molecule has 1 aliphatic heterocycles. The fraction of sp³-hybridized carbons (Fsp3) is 0.545. The first-order valence-corrected chi connectivity index (χ1v) is 12.4. The lowest BCUT2D eigenvalue weighted by molar-refractivity contribution is -0.118. The molecule has 1 saturated carbocycles. The normalized spacial score (nSPS) is 18.3. The van der Waals surface area contributed by atoms with Crippen molar-refractivity contribution in [3.05, 3.63) is 41.7 Å². The summed E-state index contributed by atoms with van der Waals surface area (Å²) in [6.07, 6.45) is 7.10. The van der Waals surface area contributed by atoms with E-state index in [0.29, 0.717) is 18.9 Å². The van der Waals surface area contributed by atoms with Gasteiger partial charge in [0.25, 0.3) is 0 Å². The van der Waals surface area contributed by atoms with Crippen molar-refractivity contribution < 1.29 is 27.1 Å². The molecule has 0 aromatic heterocycles. The highest BCUT2D eigenvalue weighted by Crippen LogP contribution is 2.29. The number of allylic oxidation sites excluding steroid dienone is 1. The molecule has 0 unspecified atom stereocenters.